The molecule has 0 aliphatic rings. The van der Waals surface area contributed by atoms with Crippen molar-refractivity contribution in [2.45, 2.75) is 20.0 Å². The lowest BCUT2D eigenvalue weighted by Crippen LogP contribution is -2.30. The highest BCUT2D eigenvalue weighted by molar-refractivity contribution is 6.29. The number of ether oxygens (including phenoxy) is 1. The average molecular weight is 337 g/mol. The summed E-state index contributed by atoms with van der Waals surface area (Å²) in [6.45, 7) is 3.27. The first-order valence-corrected chi connectivity index (χ1v) is 7.67. The van der Waals surface area contributed by atoms with Crippen LogP contribution >= 0.6 is 11.6 Å². The minimum Gasteiger partial charge on any atom is -0.465 e. The van der Waals surface area contributed by atoms with Gasteiger partial charge in [-0.25, -0.2) is 9.37 Å². The summed E-state index contributed by atoms with van der Waals surface area (Å²) in [5.74, 6) is -0.580. The summed E-state index contributed by atoms with van der Waals surface area (Å²) in [6, 6.07) is 9.78. The van der Waals surface area contributed by atoms with Gasteiger partial charge in [0.25, 0.3) is 0 Å². The number of rotatable bonds is 7. The van der Waals surface area contributed by atoms with Crippen LogP contribution in [0.15, 0.2) is 42.6 Å². The predicted molar refractivity (Wildman–Crippen MR) is 86.4 cm³/mol. The van der Waals surface area contributed by atoms with Gasteiger partial charge >= 0.3 is 5.97 Å². The molecule has 23 heavy (non-hydrogen) atoms. The van der Waals surface area contributed by atoms with Crippen LogP contribution in [-0.4, -0.2) is 29.0 Å². The molecular formula is C17H18ClFN2O2. The maximum Gasteiger partial charge on any atom is 0.320 e. The Labute approximate surface area is 139 Å². The minimum absolute atomic E-state index is 0.147. The van der Waals surface area contributed by atoms with E-state index in [1.54, 1.807) is 31.3 Å². The van der Waals surface area contributed by atoms with Crippen LogP contribution in [0.25, 0.3) is 0 Å². The Morgan fingerprint density at radius 1 is 1.17 bits per heavy atom. The molecule has 0 unspecified atom stereocenters. The van der Waals surface area contributed by atoms with Crippen molar-refractivity contribution in [2.24, 2.45) is 0 Å². The van der Waals surface area contributed by atoms with Crippen molar-refractivity contribution in [2.75, 3.05) is 13.2 Å². The summed E-state index contributed by atoms with van der Waals surface area (Å²) >= 11 is 5.78. The van der Waals surface area contributed by atoms with Crippen LogP contribution in [0.2, 0.25) is 5.15 Å². The molecule has 0 aliphatic carbocycles. The average Bonchev–Trinajstić information content (AvgIpc) is 2.52. The minimum atomic E-state index is -0.295. The number of hydrogen-bond acceptors (Lipinski definition) is 4. The van der Waals surface area contributed by atoms with E-state index in [4.69, 9.17) is 16.3 Å². The quantitative estimate of drug-likeness (QED) is 0.574. The monoisotopic (exact) mass is 336 g/mol. The number of halogens is 2. The first-order chi connectivity index (χ1) is 11.1. The van der Waals surface area contributed by atoms with E-state index in [1.807, 2.05) is 11.0 Å². The fraction of sp³-hybridized carbons (Fsp3) is 0.294. The van der Waals surface area contributed by atoms with Gasteiger partial charge in [0.1, 0.15) is 11.0 Å². The second-order valence-electron chi connectivity index (χ2n) is 5.07. The van der Waals surface area contributed by atoms with Crippen molar-refractivity contribution >= 4 is 17.6 Å². The molecule has 0 bridgehead atoms. The molecule has 0 atom stereocenters. The molecule has 1 aromatic carbocycles. The number of aromatic nitrogens is 1. The van der Waals surface area contributed by atoms with Crippen LogP contribution in [0.3, 0.4) is 0 Å². The van der Waals surface area contributed by atoms with Crippen LogP contribution in [0.1, 0.15) is 18.1 Å². The van der Waals surface area contributed by atoms with Crippen LogP contribution in [0, 0.1) is 5.82 Å². The van der Waals surface area contributed by atoms with E-state index in [0.717, 1.165) is 11.1 Å². The van der Waals surface area contributed by atoms with E-state index >= 15 is 0 Å². The summed E-state index contributed by atoms with van der Waals surface area (Å²) in [6.07, 6.45) is 1.67. The van der Waals surface area contributed by atoms with Crippen LogP contribution in [0.4, 0.5) is 4.39 Å². The molecular weight excluding hydrogens is 319 g/mol. The third-order valence-electron chi connectivity index (χ3n) is 3.17. The second kappa shape index (κ2) is 8.60. The summed E-state index contributed by atoms with van der Waals surface area (Å²) in [5, 5.41) is 0.421. The summed E-state index contributed by atoms with van der Waals surface area (Å²) < 4.78 is 18.0. The van der Waals surface area contributed by atoms with Crippen molar-refractivity contribution in [3.8, 4) is 0 Å². The van der Waals surface area contributed by atoms with Crippen molar-refractivity contribution < 1.29 is 13.9 Å². The molecule has 1 heterocycles. The van der Waals surface area contributed by atoms with E-state index in [-0.39, 0.29) is 18.3 Å². The smallest absolute Gasteiger partial charge is 0.320 e. The third-order valence-corrected chi connectivity index (χ3v) is 3.40. The van der Waals surface area contributed by atoms with Crippen molar-refractivity contribution in [1.29, 1.82) is 0 Å². The molecule has 4 nitrogen and oxygen atoms in total. The Morgan fingerprint density at radius 2 is 1.83 bits per heavy atom. The van der Waals surface area contributed by atoms with E-state index in [1.165, 1.54) is 12.1 Å². The second-order valence-corrected chi connectivity index (χ2v) is 5.45. The highest BCUT2D eigenvalue weighted by Gasteiger charge is 2.13. The van der Waals surface area contributed by atoms with Crippen molar-refractivity contribution in [3.05, 3.63) is 64.7 Å². The lowest BCUT2D eigenvalue weighted by Gasteiger charge is -2.21. The van der Waals surface area contributed by atoms with Gasteiger partial charge in [0, 0.05) is 19.3 Å². The van der Waals surface area contributed by atoms with Gasteiger partial charge in [0.05, 0.1) is 13.2 Å². The topological polar surface area (TPSA) is 42.4 Å². The Bertz CT molecular complexity index is 585. The zero-order valence-electron chi connectivity index (χ0n) is 12.8. The van der Waals surface area contributed by atoms with E-state index in [9.17, 15) is 9.18 Å². The molecule has 0 aliphatic heterocycles. The lowest BCUT2D eigenvalue weighted by atomic mass is 10.2. The number of benzene rings is 1. The summed E-state index contributed by atoms with van der Waals surface area (Å²) in [4.78, 5) is 17.7. The zero-order chi connectivity index (χ0) is 16.7. The molecule has 6 heteroatoms. The highest BCUT2D eigenvalue weighted by Crippen LogP contribution is 2.12. The Balaban J connectivity index is 2.08. The zero-order valence-corrected chi connectivity index (χ0v) is 13.6. The van der Waals surface area contributed by atoms with Crippen molar-refractivity contribution in [3.63, 3.8) is 0 Å². The van der Waals surface area contributed by atoms with Crippen LogP contribution < -0.4 is 0 Å². The van der Waals surface area contributed by atoms with E-state index in [2.05, 4.69) is 4.98 Å². The maximum absolute atomic E-state index is 13.0. The van der Waals surface area contributed by atoms with Gasteiger partial charge in [0.15, 0.2) is 0 Å². The number of carbonyl (C=O) groups excluding carboxylic acids is 1. The van der Waals surface area contributed by atoms with Gasteiger partial charge in [-0.15, -0.1) is 0 Å². The molecule has 0 amide bonds. The molecule has 2 aromatic rings. The normalized spacial score (nSPS) is 10.8. The standard InChI is InChI=1S/C17H18ClFN2O2/c1-2-23-17(22)12-21(10-13-3-6-15(19)7-4-13)11-14-5-8-16(18)20-9-14/h3-9H,2,10-12H2,1H3. The maximum atomic E-state index is 13.0. The van der Waals surface area contributed by atoms with E-state index in [0.29, 0.717) is 24.8 Å². The SMILES string of the molecule is CCOC(=O)CN(Cc1ccc(F)cc1)Cc1ccc(Cl)nc1. The molecule has 122 valence electrons. The number of hydrogen-bond donors (Lipinski definition) is 0. The first-order valence-electron chi connectivity index (χ1n) is 7.29. The molecule has 1 aromatic heterocycles. The number of nitrogens with zero attached hydrogens (tertiary/aromatic N) is 2. The molecule has 0 N–H and O–H groups in total. The number of pyridine rings is 1. The van der Waals surface area contributed by atoms with E-state index < -0.39 is 0 Å². The predicted octanol–water partition coefficient (Wildman–Crippen LogP) is 3.44. The van der Waals surface area contributed by atoms with Crippen LogP contribution in [0.5, 0.6) is 0 Å². The Hall–Kier alpha value is -1.98. The molecule has 0 saturated heterocycles. The molecule has 0 fully saturated rings. The van der Waals surface area contributed by atoms with Gasteiger partial charge in [-0.2, -0.15) is 0 Å². The molecule has 0 radical (unpaired) electrons. The molecule has 2 rings (SSSR count). The Morgan fingerprint density at radius 3 is 2.43 bits per heavy atom. The fourth-order valence-corrected chi connectivity index (χ4v) is 2.27. The number of esters is 1. The highest BCUT2D eigenvalue weighted by atomic mass is 35.5. The van der Waals surface area contributed by atoms with Gasteiger partial charge in [-0.05, 0) is 36.2 Å². The largest absolute Gasteiger partial charge is 0.465 e. The fourth-order valence-electron chi connectivity index (χ4n) is 2.16. The molecule has 0 saturated carbocycles. The Kier molecular flexibility index (Phi) is 6.50. The lowest BCUT2D eigenvalue weighted by molar-refractivity contribution is -0.144. The van der Waals surface area contributed by atoms with Gasteiger partial charge < -0.3 is 4.74 Å². The third kappa shape index (κ3) is 5.96. The molecule has 0 spiro atoms. The summed E-state index contributed by atoms with van der Waals surface area (Å²) in [7, 11) is 0. The first kappa shape index (κ1) is 17.4. The van der Waals surface area contributed by atoms with Crippen LogP contribution in [-0.2, 0) is 22.6 Å². The van der Waals surface area contributed by atoms with Gasteiger partial charge in [-0.3, -0.25) is 9.69 Å². The summed E-state index contributed by atoms with van der Waals surface area (Å²) in [5.41, 5.74) is 1.85. The van der Waals surface area contributed by atoms with Gasteiger partial charge in [0.2, 0.25) is 0 Å². The van der Waals surface area contributed by atoms with Gasteiger partial charge in [-0.1, -0.05) is 29.8 Å². The van der Waals surface area contributed by atoms with Crippen molar-refractivity contribution in [1.82, 2.24) is 9.88 Å². The number of carbonyl (C=O) groups is 1.